The molecule has 0 fully saturated rings. The summed E-state index contributed by atoms with van der Waals surface area (Å²) in [6, 6.07) is 17.2. The lowest BCUT2D eigenvalue weighted by Gasteiger charge is -2.27. The second-order valence-corrected chi connectivity index (χ2v) is 6.13. The molecule has 0 aliphatic carbocycles. The van der Waals surface area contributed by atoms with Crippen molar-refractivity contribution in [1.82, 2.24) is 4.90 Å². The number of likely N-dealkylation sites (N-methyl/N-ethyl adjacent to an activating group) is 1. The van der Waals surface area contributed by atoms with Crippen LogP contribution in [-0.4, -0.2) is 18.5 Å². The van der Waals surface area contributed by atoms with Crippen molar-refractivity contribution in [1.29, 1.82) is 0 Å². The first-order valence-corrected chi connectivity index (χ1v) is 7.61. The topological polar surface area (TPSA) is 29.3 Å². The van der Waals surface area contributed by atoms with Gasteiger partial charge in [0.1, 0.15) is 0 Å². The highest BCUT2D eigenvalue weighted by Crippen LogP contribution is 2.22. The van der Waals surface area contributed by atoms with Crippen LogP contribution in [0.3, 0.4) is 0 Å². The molecule has 0 saturated heterocycles. The van der Waals surface area contributed by atoms with Crippen molar-refractivity contribution in [3.63, 3.8) is 0 Å². The fourth-order valence-electron chi connectivity index (χ4n) is 2.48. The van der Waals surface area contributed by atoms with Gasteiger partial charge in [-0.3, -0.25) is 4.90 Å². The molecule has 106 valence electrons. The van der Waals surface area contributed by atoms with Crippen LogP contribution >= 0.6 is 15.9 Å². The molecule has 0 aliphatic rings. The highest BCUT2D eigenvalue weighted by Gasteiger charge is 2.15. The highest BCUT2D eigenvalue weighted by atomic mass is 79.9. The van der Waals surface area contributed by atoms with Crippen LogP contribution in [0.5, 0.6) is 0 Å². The molecule has 2 aromatic rings. The third-order valence-corrected chi connectivity index (χ3v) is 4.00. The summed E-state index contributed by atoms with van der Waals surface area (Å²) in [4.78, 5) is 2.30. The Morgan fingerprint density at radius 3 is 2.55 bits per heavy atom. The first-order valence-electron chi connectivity index (χ1n) is 6.81. The van der Waals surface area contributed by atoms with Crippen LogP contribution in [0.4, 0.5) is 0 Å². The summed E-state index contributed by atoms with van der Waals surface area (Å²) in [5.74, 6) is 0. The summed E-state index contributed by atoms with van der Waals surface area (Å²) in [5.41, 5.74) is 9.83. The first-order chi connectivity index (χ1) is 9.60. The van der Waals surface area contributed by atoms with Crippen LogP contribution in [0, 0.1) is 6.92 Å². The van der Waals surface area contributed by atoms with Gasteiger partial charge in [-0.1, -0.05) is 57.9 Å². The molecule has 0 spiro atoms. The van der Waals surface area contributed by atoms with Gasteiger partial charge in [0.2, 0.25) is 0 Å². The molecular formula is C17H21BrN2. The molecule has 20 heavy (non-hydrogen) atoms. The molecule has 1 unspecified atom stereocenters. The zero-order valence-electron chi connectivity index (χ0n) is 12.0. The van der Waals surface area contributed by atoms with Gasteiger partial charge in [0.25, 0.3) is 0 Å². The Kier molecular flexibility index (Phi) is 5.35. The molecule has 0 radical (unpaired) electrons. The maximum atomic E-state index is 5.99. The highest BCUT2D eigenvalue weighted by molar-refractivity contribution is 9.10. The maximum absolute atomic E-state index is 5.99. The minimum absolute atomic E-state index is 0.244. The average Bonchev–Trinajstić information content (AvgIpc) is 2.39. The standard InChI is InChI=1S/C17H21BrN2/c1-13-5-3-7-15(9-13)17(11-19)20(2)12-14-6-4-8-16(18)10-14/h3-10,17H,11-12,19H2,1-2H3. The van der Waals surface area contributed by atoms with E-state index in [4.69, 9.17) is 5.73 Å². The van der Waals surface area contributed by atoms with E-state index in [0.717, 1.165) is 11.0 Å². The number of aryl methyl sites for hydroxylation is 1. The number of hydrogen-bond donors (Lipinski definition) is 1. The summed E-state index contributed by atoms with van der Waals surface area (Å²) in [5, 5.41) is 0. The van der Waals surface area contributed by atoms with E-state index in [2.05, 4.69) is 77.3 Å². The first kappa shape index (κ1) is 15.2. The molecular weight excluding hydrogens is 312 g/mol. The molecule has 2 rings (SSSR count). The lowest BCUT2D eigenvalue weighted by Crippen LogP contribution is -2.30. The van der Waals surface area contributed by atoms with Crippen LogP contribution in [0.15, 0.2) is 53.0 Å². The summed E-state index contributed by atoms with van der Waals surface area (Å²) >= 11 is 3.52. The smallest absolute Gasteiger partial charge is 0.0471 e. The van der Waals surface area contributed by atoms with E-state index < -0.39 is 0 Å². The molecule has 2 N–H and O–H groups in total. The number of hydrogen-bond acceptors (Lipinski definition) is 2. The Morgan fingerprint density at radius 1 is 1.15 bits per heavy atom. The Labute approximate surface area is 129 Å². The summed E-state index contributed by atoms with van der Waals surface area (Å²) in [6.07, 6.45) is 0. The number of nitrogens with two attached hydrogens (primary N) is 1. The third-order valence-electron chi connectivity index (χ3n) is 3.50. The molecule has 0 bridgehead atoms. The van der Waals surface area contributed by atoms with Crippen LogP contribution < -0.4 is 5.73 Å². The van der Waals surface area contributed by atoms with E-state index >= 15 is 0 Å². The Balaban J connectivity index is 2.15. The molecule has 0 heterocycles. The predicted molar refractivity (Wildman–Crippen MR) is 88.6 cm³/mol. The van der Waals surface area contributed by atoms with Crippen molar-refractivity contribution >= 4 is 15.9 Å². The van der Waals surface area contributed by atoms with Gasteiger partial charge in [0.05, 0.1) is 0 Å². The lowest BCUT2D eigenvalue weighted by atomic mass is 10.0. The van der Waals surface area contributed by atoms with Crippen molar-refractivity contribution in [3.8, 4) is 0 Å². The van der Waals surface area contributed by atoms with E-state index in [0.29, 0.717) is 6.54 Å². The molecule has 2 aromatic carbocycles. The summed E-state index contributed by atoms with van der Waals surface area (Å²) < 4.78 is 1.11. The number of benzene rings is 2. The fourth-order valence-corrected chi connectivity index (χ4v) is 2.93. The van der Waals surface area contributed by atoms with Gasteiger partial charge in [-0.25, -0.2) is 0 Å². The van der Waals surface area contributed by atoms with Crippen molar-refractivity contribution in [2.45, 2.75) is 19.5 Å². The van der Waals surface area contributed by atoms with E-state index in [9.17, 15) is 0 Å². The zero-order valence-corrected chi connectivity index (χ0v) is 13.6. The van der Waals surface area contributed by atoms with Crippen molar-refractivity contribution < 1.29 is 0 Å². The second kappa shape index (κ2) is 7.02. The fraction of sp³-hybridized carbons (Fsp3) is 0.294. The van der Waals surface area contributed by atoms with Gasteiger partial charge in [-0.2, -0.15) is 0 Å². The minimum atomic E-state index is 0.244. The van der Waals surface area contributed by atoms with Crippen molar-refractivity contribution in [3.05, 3.63) is 69.7 Å². The Morgan fingerprint density at radius 2 is 1.90 bits per heavy atom. The lowest BCUT2D eigenvalue weighted by molar-refractivity contribution is 0.241. The van der Waals surface area contributed by atoms with E-state index in [1.54, 1.807) is 0 Å². The molecule has 0 amide bonds. The van der Waals surface area contributed by atoms with Gasteiger partial charge in [0.15, 0.2) is 0 Å². The predicted octanol–water partition coefficient (Wildman–Crippen LogP) is 3.89. The Bertz CT molecular complexity index is 568. The van der Waals surface area contributed by atoms with Crippen molar-refractivity contribution in [2.75, 3.05) is 13.6 Å². The molecule has 2 nitrogen and oxygen atoms in total. The van der Waals surface area contributed by atoms with Crippen LogP contribution in [0.2, 0.25) is 0 Å². The van der Waals surface area contributed by atoms with E-state index in [-0.39, 0.29) is 6.04 Å². The average molecular weight is 333 g/mol. The van der Waals surface area contributed by atoms with Crippen LogP contribution in [-0.2, 0) is 6.54 Å². The third kappa shape index (κ3) is 3.92. The van der Waals surface area contributed by atoms with E-state index in [1.807, 2.05) is 6.07 Å². The van der Waals surface area contributed by atoms with Gasteiger partial charge in [0, 0.05) is 23.6 Å². The number of rotatable bonds is 5. The SMILES string of the molecule is Cc1cccc(C(CN)N(C)Cc2cccc(Br)c2)c1. The monoisotopic (exact) mass is 332 g/mol. The van der Waals surface area contributed by atoms with Gasteiger partial charge < -0.3 is 5.73 Å². The van der Waals surface area contributed by atoms with Crippen LogP contribution in [0.25, 0.3) is 0 Å². The van der Waals surface area contributed by atoms with Crippen molar-refractivity contribution in [2.24, 2.45) is 5.73 Å². The molecule has 1 atom stereocenters. The summed E-state index contributed by atoms with van der Waals surface area (Å²) in [7, 11) is 2.13. The molecule has 0 aliphatic heterocycles. The summed E-state index contributed by atoms with van der Waals surface area (Å²) in [6.45, 7) is 3.62. The van der Waals surface area contributed by atoms with E-state index in [1.165, 1.54) is 16.7 Å². The largest absolute Gasteiger partial charge is 0.329 e. The van der Waals surface area contributed by atoms with Crippen LogP contribution in [0.1, 0.15) is 22.7 Å². The van der Waals surface area contributed by atoms with Gasteiger partial charge >= 0.3 is 0 Å². The quantitative estimate of drug-likeness (QED) is 0.899. The molecule has 0 saturated carbocycles. The Hall–Kier alpha value is -1.16. The molecule has 0 aromatic heterocycles. The zero-order chi connectivity index (χ0) is 14.5. The number of nitrogens with zero attached hydrogens (tertiary/aromatic N) is 1. The number of halogens is 1. The minimum Gasteiger partial charge on any atom is -0.329 e. The maximum Gasteiger partial charge on any atom is 0.0471 e. The normalized spacial score (nSPS) is 12.7. The molecule has 3 heteroatoms. The second-order valence-electron chi connectivity index (χ2n) is 5.21. The van der Waals surface area contributed by atoms with Gasteiger partial charge in [-0.15, -0.1) is 0 Å². The van der Waals surface area contributed by atoms with Gasteiger partial charge in [-0.05, 0) is 37.2 Å².